The first kappa shape index (κ1) is 20.6. The van der Waals surface area contributed by atoms with E-state index in [1.165, 1.54) is 24.3 Å². The van der Waals surface area contributed by atoms with Crippen molar-refractivity contribution in [2.45, 2.75) is 25.7 Å². The normalized spacial score (nSPS) is 11.1. The van der Waals surface area contributed by atoms with Crippen LogP contribution >= 0.6 is 0 Å². The number of esters is 1. The Kier molecular flexibility index (Phi) is 6.70. The number of nitrogens with one attached hydrogen (secondary N) is 2. The van der Waals surface area contributed by atoms with Crippen LogP contribution in [0.2, 0.25) is 0 Å². The van der Waals surface area contributed by atoms with E-state index in [0.29, 0.717) is 5.69 Å². The van der Waals surface area contributed by atoms with Gasteiger partial charge in [0.05, 0.1) is 23.6 Å². The molecular weight excluding hydrogens is 368 g/mol. The Bertz CT molecular complexity index is 917. The van der Waals surface area contributed by atoms with E-state index in [1.54, 1.807) is 6.92 Å². The summed E-state index contributed by atoms with van der Waals surface area (Å²) in [6, 6.07) is 10.9. The maximum absolute atomic E-state index is 12.3. The van der Waals surface area contributed by atoms with E-state index in [9.17, 15) is 18.0 Å². The molecule has 0 aliphatic carbocycles. The minimum absolute atomic E-state index is 0.0459. The van der Waals surface area contributed by atoms with E-state index in [2.05, 4.69) is 10.0 Å². The van der Waals surface area contributed by atoms with Gasteiger partial charge in [-0.1, -0.05) is 18.2 Å². The number of rotatable bonds is 7. The lowest BCUT2D eigenvalue weighted by Crippen LogP contribution is -2.33. The summed E-state index contributed by atoms with van der Waals surface area (Å²) in [6.07, 6.45) is 0. The number of ether oxygens (including phenoxy) is 1. The van der Waals surface area contributed by atoms with Crippen molar-refractivity contribution in [3.63, 3.8) is 0 Å². The van der Waals surface area contributed by atoms with Crippen molar-refractivity contribution in [2.75, 3.05) is 18.5 Å². The fraction of sp³-hybridized carbons (Fsp3) is 0.263. The zero-order valence-electron chi connectivity index (χ0n) is 15.4. The molecule has 144 valence electrons. The molecular formula is C19H22N2O5S. The molecule has 0 fully saturated rings. The molecule has 1 amide bonds. The predicted octanol–water partition coefficient (Wildman–Crippen LogP) is 2.40. The number of amides is 1. The number of sulfonamides is 1. The fourth-order valence-corrected chi connectivity index (χ4v) is 3.41. The van der Waals surface area contributed by atoms with Crippen molar-refractivity contribution in [2.24, 2.45) is 0 Å². The number of anilines is 1. The largest absolute Gasteiger partial charge is 0.462 e. The van der Waals surface area contributed by atoms with Crippen molar-refractivity contribution in [3.05, 3.63) is 59.2 Å². The topological polar surface area (TPSA) is 102 Å². The van der Waals surface area contributed by atoms with Crippen molar-refractivity contribution in [1.29, 1.82) is 0 Å². The molecule has 0 spiro atoms. The molecule has 7 nitrogen and oxygen atoms in total. The van der Waals surface area contributed by atoms with Gasteiger partial charge in [-0.3, -0.25) is 4.79 Å². The van der Waals surface area contributed by atoms with Gasteiger partial charge in [0.1, 0.15) is 0 Å². The van der Waals surface area contributed by atoms with Crippen LogP contribution in [0, 0.1) is 13.8 Å². The van der Waals surface area contributed by atoms with E-state index in [1.807, 2.05) is 32.0 Å². The third-order valence-electron chi connectivity index (χ3n) is 3.84. The highest BCUT2D eigenvalue weighted by atomic mass is 32.2. The molecule has 27 heavy (non-hydrogen) atoms. The Morgan fingerprint density at radius 3 is 2.15 bits per heavy atom. The van der Waals surface area contributed by atoms with Crippen LogP contribution in [0.25, 0.3) is 0 Å². The monoisotopic (exact) mass is 390 g/mol. The van der Waals surface area contributed by atoms with Crippen molar-refractivity contribution < 1.29 is 22.7 Å². The van der Waals surface area contributed by atoms with Gasteiger partial charge < -0.3 is 10.1 Å². The number of para-hydroxylation sites is 1. The number of benzene rings is 2. The van der Waals surface area contributed by atoms with Crippen LogP contribution in [0.4, 0.5) is 5.69 Å². The Morgan fingerprint density at radius 2 is 1.59 bits per heavy atom. The van der Waals surface area contributed by atoms with Crippen molar-refractivity contribution in [1.82, 2.24) is 4.72 Å². The highest BCUT2D eigenvalue weighted by molar-refractivity contribution is 7.89. The number of hydrogen-bond donors (Lipinski definition) is 2. The molecule has 0 aliphatic rings. The molecule has 2 rings (SSSR count). The lowest BCUT2D eigenvalue weighted by molar-refractivity contribution is -0.115. The summed E-state index contributed by atoms with van der Waals surface area (Å²) in [4.78, 5) is 23.7. The van der Waals surface area contributed by atoms with Crippen LogP contribution in [-0.4, -0.2) is 33.4 Å². The Hall–Kier alpha value is -2.71. The van der Waals surface area contributed by atoms with Gasteiger partial charge in [0.2, 0.25) is 15.9 Å². The maximum atomic E-state index is 12.3. The Labute approximate surface area is 158 Å². The van der Waals surface area contributed by atoms with Gasteiger partial charge in [-0.15, -0.1) is 0 Å². The third kappa shape index (κ3) is 5.38. The van der Waals surface area contributed by atoms with Gasteiger partial charge in [-0.2, -0.15) is 0 Å². The molecule has 0 bridgehead atoms. The molecule has 2 aromatic carbocycles. The van der Waals surface area contributed by atoms with E-state index in [0.717, 1.165) is 11.1 Å². The Balaban J connectivity index is 2.02. The first-order valence-corrected chi connectivity index (χ1v) is 9.86. The standard InChI is InChI=1S/C19H22N2O5S/c1-4-26-19(23)15-8-10-16(11-9-15)27(24,25)20-12-17(22)21-18-13(2)6-5-7-14(18)3/h5-11,20H,4,12H2,1-3H3,(H,21,22). The van der Waals surface area contributed by atoms with Crippen molar-refractivity contribution >= 4 is 27.6 Å². The van der Waals surface area contributed by atoms with Crippen LogP contribution in [0.1, 0.15) is 28.4 Å². The van der Waals surface area contributed by atoms with E-state index < -0.39 is 28.4 Å². The van der Waals surface area contributed by atoms with Gasteiger partial charge in [0.25, 0.3) is 0 Å². The lowest BCUT2D eigenvalue weighted by Gasteiger charge is -2.12. The summed E-state index contributed by atoms with van der Waals surface area (Å²) < 4.78 is 31.7. The summed E-state index contributed by atoms with van der Waals surface area (Å²) in [5, 5.41) is 2.71. The van der Waals surface area contributed by atoms with Crippen LogP contribution < -0.4 is 10.0 Å². The smallest absolute Gasteiger partial charge is 0.338 e. The average molecular weight is 390 g/mol. The minimum Gasteiger partial charge on any atom is -0.462 e. The van der Waals surface area contributed by atoms with Gasteiger partial charge in [-0.05, 0) is 56.2 Å². The molecule has 0 saturated carbocycles. The highest BCUT2D eigenvalue weighted by Crippen LogP contribution is 2.19. The summed E-state index contributed by atoms with van der Waals surface area (Å²) >= 11 is 0. The first-order chi connectivity index (χ1) is 12.7. The van der Waals surface area contributed by atoms with Crippen LogP contribution in [-0.2, 0) is 19.6 Å². The Morgan fingerprint density at radius 1 is 1.00 bits per heavy atom. The summed E-state index contributed by atoms with van der Waals surface area (Å²) in [6.45, 7) is 5.23. The molecule has 0 unspecified atom stereocenters. The summed E-state index contributed by atoms with van der Waals surface area (Å²) in [5.74, 6) is -0.999. The van der Waals surface area contributed by atoms with Gasteiger partial charge in [0.15, 0.2) is 0 Å². The van der Waals surface area contributed by atoms with Gasteiger partial charge in [-0.25, -0.2) is 17.9 Å². The zero-order valence-corrected chi connectivity index (χ0v) is 16.2. The second-order valence-electron chi connectivity index (χ2n) is 5.88. The molecule has 0 aliphatic heterocycles. The quantitative estimate of drug-likeness (QED) is 0.707. The van der Waals surface area contributed by atoms with Gasteiger partial charge >= 0.3 is 5.97 Å². The molecule has 8 heteroatoms. The van der Waals surface area contributed by atoms with E-state index in [4.69, 9.17) is 4.74 Å². The molecule has 0 atom stereocenters. The molecule has 0 saturated heterocycles. The fourth-order valence-electron chi connectivity index (χ4n) is 2.42. The highest BCUT2D eigenvalue weighted by Gasteiger charge is 2.17. The van der Waals surface area contributed by atoms with E-state index >= 15 is 0 Å². The van der Waals surface area contributed by atoms with Crippen LogP contribution in [0.15, 0.2) is 47.4 Å². The molecule has 2 aromatic rings. The number of aryl methyl sites for hydroxylation is 2. The van der Waals surface area contributed by atoms with Crippen LogP contribution in [0.3, 0.4) is 0 Å². The van der Waals surface area contributed by atoms with Crippen molar-refractivity contribution in [3.8, 4) is 0 Å². The molecule has 0 aromatic heterocycles. The predicted molar refractivity (Wildman–Crippen MR) is 102 cm³/mol. The zero-order chi connectivity index (χ0) is 20.0. The average Bonchev–Trinajstić information content (AvgIpc) is 2.63. The van der Waals surface area contributed by atoms with E-state index in [-0.39, 0.29) is 17.1 Å². The second kappa shape index (κ2) is 8.79. The number of hydrogen-bond acceptors (Lipinski definition) is 5. The molecule has 2 N–H and O–H groups in total. The molecule has 0 heterocycles. The minimum atomic E-state index is -3.89. The third-order valence-corrected chi connectivity index (χ3v) is 5.26. The SMILES string of the molecule is CCOC(=O)c1ccc(S(=O)(=O)NCC(=O)Nc2c(C)cccc2C)cc1. The van der Waals surface area contributed by atoms with Crippen LogP contribution in [0.5, 0.6) is 0 Å². The summed E-state index contributed by atoms with van der Waals surface area (Å²) in [5.41, 5.74) is 2.70. The number of carbonyl (C=O) groups excluding carboxylic acids is 2. The second-order valence-corrected chi connectivity index (χ2v) is 7.65. The first-order valence-electron chi connectivity index (χ1n) is 8.37. The summed E-state index contributed by atoms with van der Waals surface area (Å²) in [7, 11) is -3.89. The maximum Gasteiger partial charge on any atom is 0.338 e. The lowest BCUT2D eigenvalue weighted by atomic mass is 10.1. The number of carbonyl (C=O) groups is 2. The van der Waals surface area contributed by atoms with Gasteiger partial charge in [0, 0.05) is 5.69 Å². The molecule has 0 radical (unpaired) electrons.